The first-order chi connectivity index (χ1) is 15.6. The van der Waals surface area contributed by atoms with Crippen molar-refractivity contribution in [1.29, 1.82) is 0 Å². The Morgan fingerprint density at radius 2 is 1.94 bits per heavy atom. The topological polar surface area (TPSA) is 104 Å². The van der Waals surface area contributed by atoms with E-state index in [1.54, 1.807) is 30.5 Å². The molecule has 0 unspecified atom stereocenters. The number of aliphatic imine (C=N–C) groups is 1. The van der Waals surface area contributed by atoms with Gasteiger partial charge in [0.1, 0.15) is 5.25 Å². The lowest BCUT2D eigenvalue weighted by Crippen LogP contribution is -2.33. The van der Waals surface area contributed by atoms with Crippen molar-refractivity contribution in [1.82, 2.24) is 15.2 Å². The van der Waals surface area contributed by atoms with Crippen molar-refractivity contribution in [2.24, 2.45) is 4.99 Å². The molecule has 1 aromatic carbocycles. The molecular weight excluding hydrogens is 426 g/mol. The molecular formula is C23H25N5O3S. The molecule has 2 aliphatic rings. The molecule has 2 N–H and O–H groups in total. The van der Waals surface area contributed by atoms with E-state index in [1.807, 2.05) is 18.2 Å². The number of nitrogens with zero attached hydrogens (tertiary/aromatic N) is 3. The first-order valence-corrected chi connectivity index (χ1v) is 11.6. The van der Waals surface area contributed by atoms with Crippen molar-refractivity contribution >= 4 is 40.3 Å². The van der Waals surface area contributed by atoms with Crippen LogP contribution in [-0.4, -0.2) is 51.1 Å². The first-order valence-electron chi connectivity index (χ1n) is 10.7. The molecule has 1 aromatic heterocycles. The highest BCUT2D eigenvalue weighted by Crippen LogP contribution is 2.29. The molecule has 1 fully saturated rings. The molecule has 166 valence electrons. The van der Waals surface area contributed by atoms with Gasteiger partial charge < -0.3 is 15.5 Å². The maximum atomic E-state index is 12.5. The highest BCUT2D eigenvalue weighted by Gasteiger charge is 2.33. The molecule has 1 saturated heterocycles. The number of amidine groups is 1. The fourth-order valence-electron chi connectivity index (χ4n) is 3.62. The number of anilines is 1. The molecule has 4 rings (SSSR count). The summed E-state index contributed by atoms with van der Waals surface area (Å²) in [6, 6.07) is 12.2. The summed E-state index contributed by atoms with van der Waals surface area (Å²) in [6.07, 6.45) is 5.12. The van der Waals surface area contributed by atoms with Crippen molar-refractivity contribution in [3.8, 4) is 0 Å². The van der Waals surface area contributed by atoms with Crippen molar-refractivity contribution in [2.75, 3.05) is 18.4 Å². The van der Waals surface area contributed by atoms with Crippen LogP contribution in [0.1, 0.15) is 41.7 Å². The number of thioether (sulfide) groups is 1. The van der Waals surface area contributed by atoms with Crippen LogP contribution in [0.15, 0.2) is 53.7 Å². The molecule has 0 bridgehead atoms. The zero-order valence-corrected chi connectivity index (χ0v) is 18.4. The predicted octanol–water partition coefficient (Wildman–Crippen LogP) is 2.82. The number of rotatable bonds is 6. The lowest BCUT2D eigenvalue weighted by atomic mass is 10.1. The Hall–Kier alpha value is -3.20. The van der Waals surface area contributed by atoms with E-state index in [4.69, 9.17) is 0 Å². The molecule has 0 radical (unpaired) electrons. The van der Waals surface area contributed by atoms with Crippen LogP contribution in [0.3, 0.4) is 0 Å². The quantitative estimate of drug-likeness (QED) is 0.700. The molecule has 0 spiro atoms. The number of carbonyl (C=O) groups excluding carboxylic acids is 3. The maximum absolute atomic E-state index is 12.5. The van der Waals surface area contributed by atoms with Crippen LogP contribution >= 0.6 is 11.8 Å². The number of amides is 3. The van der Waals surface area contributed by atoms with Gasteiger partial charge in [-0.3, -0.25) is 19.4 Å². The van der Waals surface area contributed by atoms with Gasteiger partial charge >= 0.3 is 0 Å². The van der Waals surface area contributed by atoms with Gasteiger partial charge in [0.05, 0.1) is 12.2 Å². The highest BCUT2D eigenvalue weighted by molar-refractivity contribution is 8.15. The summed E-state index contributed by atoms with van der Waals surface area (Å²) >= 11 is 1.37. The van der Waals surface area contributed by atoms with Crippen LogP contribution in [0.25, 0.3) is 0 Å². The minimum Gasteiger partial charge on any atom is -0.351 e. The van der Waals surface area contributed by atoms with Crippen molar-refractivity contribution < 1.29 is 14.4 Å². The van der Waals surface area contributed by atoms with Gasteiger partial charge in [-0.2, -0.15) is 4.99 Å². The number of piperidine rings is 1. The van der Waals surface area contributed by atoms with Crippen LogP contribution in [-0.2, 0) is 16.1 Å². The number of hydrogen-bond donors (Lipinski definition) is 2. The minimum absolute atomic E-state index is 0.0421. The summed E-state index contributed by atoms with van der Waals surface area (Å²) in [5.41, 5.74) is 1.70. The lowest BCUT2D eigenvalue weighted by Gasteiger charge is -2.27. The Labute approximate surface area is 190 Å². The van der Waals surface area contributed by atoms with Gasteiger partial charge in [-0.05, 0) is 49.6 Å². The Morgan fingerprint density at radius 3 is 2.72 bits per heavy atom. The Balaban J connectivity index is 1.29. The summed E-state index contributed by atoms with van der Waals surface area (Å²) in [5.74, 6) is -0.793. The second-order valence-electron chi connectivity index (χ2n) is 7.72. The van der Waals surface area contributed by atoms with E-state index in [1.165, 1.54) is 18.2 Å². The van der Waals surface area contributed by atoms with Crippen molar-refractivity contribution in [3.63, 3.8) is 0 Å². The predicted molar refractivity (Wildman–Crippen MR) is 124 cm³/mol. The molecule has 32 heavy (non-hydrogen) atoms. The first kappa shape index (κ1) is 22.0. The number of benzene rings is 1. The van der Waals surface area contributed by atoms with E-state index in [2.05, 4.69) is 25.5 Å². The highest BCUT2D eigenvalue weighted by atomic mass is 32.2. The molecule has 2 aromatic rings. The monoisotopic (exact) mass is 451 g/mol. The molecule has 1 atom stereocenters. The van der Waals surface area contributed by atoms with E-state index in [-0.39, 0.29) is 24.1 Å². The van der Waals surface area contributed by atoms with E-state index in [0.29, 0.717) is 17.8 Å². The molecule has 9 heteroatoms. The lowest BCUT2D eigenvalue weighted by molar-refractivity contribution is -0.121. The number of aromatic nitrogens is 1. The number of hydrogen-bond acceptors (Lipinski definition) is 6. The van der Waals surface area contributed by atoms with Crippen LogP contribution in [0, 0.1) is 0 Å². The number of pyridine rings is 1. The third-order valence-electron chi connectivity index (χ3n) is 5.29. The van der Waals surface area contributed by atoms with Gasteiger partial charge in [-0.25, -0.2) is 0 Å². The molecule has 2 aliphatic heterocycles. The molecule has 0 aliphatic carbocycles. The maximum Gasteiger partial charge on any atom is 0.262 e. The van der Waals surface area contributed by atoms with Crippen LogP contribution in [0.2, 0.25) is 0 Å². The normalized spacial score (nSPS) is 18.2. The third-order valence-corrected chi connectivity index (χ3v) is 6.50. The van der Waals surface area contributed by atoms with Gasteiger partial charge in [0.2, 0.25) is 5.91 Å². The summed E-state index contributed by atoms with van der Waals surface area (Å²) in [4.78, 5) is 47.7. The molecule has 8 nitrogen and oxygen atoms in total. The molecule has 0 saturated carbocycles. The fourth-order valence-corrected chi connectivity index (χ4v) is 4.74. The zero-order valence-electron chi connectivity index (χ0n) is 17.6. The Kier molecular flexibility index (Phi) is 7.16. The van der Waals surface area contributed by atoms with Gasteiger partial charge in [0.15, 0.2) is 5.17 Å². The van der Waals surface area contributed by atoms with E-state index >= 15 is 0 Å². The van der Waals surface area contributed by atoms with E-state index < -0.39 is 5.25 Å². The number of nitrogens with one attached hydrogen (secondary N) is 2. The smallest absolute Gasteiger partial charge is 0.262 e. The summed E-state index contributed by atoms with van der Waals surface area (Å²) in [7, 11) is 0. The van der Waals surface area contributed by atoms with Gasteiger partial charge in [-0.15, -0.1) is 0 Å². The largest absolute Gasteiger partial charge is 0.351 e. The van der Waals surface area contributed by atoms with Crippen LogP contribution in [0.5, 0.6) is 0 Å². The Bertz CT molecular complexity index is 1020. The zero-order chi connectivity index (χ0) is 22.3. The second-order valence-corrected chi connectivity index (χ2v) is 8.89. The van der Waals surface area contributed by atoms with Crippen LogP contribution < -0.4 is 10.6 Å². The average molecular weight is 452 g/mol. The molecule has 3 heterocycles. The third kappa shape index (κ3) is 5.73. The van der Waals surface area contributed by atoms with Gasteiger partial charge in [0, 0.05) is 37.0 Å². The van der Waals surface area contributed by atoms with Crippen molar-refractivity contribution in [3.05, 3.63) is 59.9 Å². The van der Waals surface area contributed by atoms with Crippen molar-refractivity contribution in [2.45, 2.75) is 37.5 Å². The van der Waals surface area contributed by atoms with E-state index in [9.17, 15) is 14.4 Å². The average Bonchev–Trinajstić information content (AvgIpc) is 3.19. The summed E-state index contributed by atoms with van der Waals surface area (Å²) < 4.78 is 0. The summed E-state index contributed by atoms with van der Waals surface area (Å²) in [5, 5.41) is 5.84. The standard InChI is InChI=1S/C23H25N5O3S/c29-20(14-19-22(31)27-23(32-19)28-11-4-1-5-12-28)26-17-9-6-7-16(13-17)21(30)25-15-18-8-2-3-10-24-18/h2-3,6-10,13,19H,1,4-5,11-12,14-15H2,(H,25,30)(H,26,29)/t19-/m0/s1. The SMILES string of the molecule is O=C(C[C@@H]1SC(N2CCCCC2)=NC1=O)Nc1cccc(C(=O)NCc2ccccn2)c1. The summed E-state index contributed by atoms with van der Waals surface area (Å²) in [6.45, 7) is 2.14. The minimum atomic E-state index is -0.503. The Morgan fingerprint density at radius 1 is 1.09 bits per heavy atom. The second kappa shape index (κ2) is 10.4. The molecule has 3 amide bonds. The van der Waals surface area contributed by atoms with Gasteiger partial charge in [-0.1, -0.05) is 23.9 Å². The number of carbonyl (C=O) groups is 3. The van der Waals surface area contributed by atoms with E-state index in [0.717, 1.165) is 36.8 Å². The van der Waals surface area contributed by atoms with Gasteiger partial charge in [0.25, 0.3) is 11.8 Å². The number of likely N-dealkylation sites (tertiary alicyclic amines) is 1. The fraction of sp³-hybridized carbons (Fsp3) is 0.348. The van der Waals surface area contributed by atoms with Crippen LogP contribution in [0.4, 0.5) is 5.69 Å².